The van der Waals surface area contributed by atoms with Crippen molar-refractivity contribution >= 4 is 33.4 Å². The van der Waals surface area contributed by atoms with Crippen LogP contribution in [0.2, 0.25) is 0 Å². The second kappa shape index (κ2) is 6.41. The van der Waals surface area contributed by atoms with Gasteiger partial charge < -0.3 is 9.30 Å². The maximum absolute atomic E-state index is 12.4. The molecule has 3 rings (SSSR count). The Balaban J connectivity index is 2.13. The van der Waals surface area contributed by atoms with Crippen molar-refractivity contribution in [2.45, 2.75) is 6.92 Å². The van der Waals surface area contributed by atoms with Crippen molar-refractivity contribution in [3.05, 3.63) is 64.0 Å². The molecule has 0 aliphatic carbocycles. The first-order valence-corrected chi connectivity index (χ1v) is 8.15. The predicted molar refractivity (Wildman–Crippen MR) is 93.2 cm³/mol. The highest BCUT2D eigenvalue weighted by atomic mass is 32.1. The number of aromatic nitrogens is 1. The third-order valence-corrected chi connectivity index (χ3v) is 4.82. The van der Waals surface area contributed by atoms with Crippen LogP contribution in [0.3, 0.4) is 0 Å². The number of ether oxygens (including phenoxy) is 1. The van der Waals surface area contributed by atoms with Gasteiger partial charge in [0.05, 0.1) is 22.9 Å². The van der Waals surface area contributed by atoms with Crippen LogP contribution in [-0.4, -0.2) is 23.6 Å². The Hall–Kier alpha value is -2.73. The molecule has 1 aromatic heterocycles. The van der Waals surface area contributed by atoms with E-state index in [4.69, 9.17) is 4.74 Å². The Morgan fingerprint density at radius 1 is 1.12 bits per heavy atom. The van der Waals surface area contributed by atoms with Crippen LogP contribution in [-0.2, 0) is 11.8 Å². The largest absolute Gasteiger partial charge is 0.465 e. The van der Waals surface area contributed by atoms with Crippen LogP contribution in [0.4, 0.5) is 0 Å². The predicted octanol–water partition coefficient (Wildman–Crippen LogP) is 3.08. The number of benzene rings is 2. The Kier molecular flexibility index (Phi) is 4.31. The van der Waals surface area contributed by atoms with Crippen molar-refractivity contribution in [1.29, 1.82) is 0 Å². The first kappa shape index (κ1) is 16.1. The molecular formula is C18H16N2O3S. The number of fused-ring (bicyclic) bond motifs is 1. The van der Waals surface area contributed by atoms with Crippen LogP contribution in [0.1, 0.15) is 26.3 Å². The topological polar surface area (TPSA) is 60.7 Å². The molecule has 0 spiro atoms. The van der Waals surface area contributed by atoms with Crippen LogP contribution in [0.15, 0.2) is 47.5 Å². The van der Waals surface area contributed by atoms with E-state index in [2.05, 4.69) is 4.99 Å². The molecule has 0 aliphatic rings. The molecule has 0 radical (unpaired) electrons. The molecule has 0 saturated carbocycles. The molecular weight excluding hydrogens is 324 g/mol. The Bertz CT molecular complexity index is 997. The fraction of sp³-hybridized carbons (Fsp3) is 0.167. The van der Waals surface area contributed by atoms with Gasteiger partial charge in [0.2, 0.25) is 0 Å². The fourth-order valence-corrected chi connectivity index (χ4v) is 3.48. The van der Waals surface area contributed by atoms with E-state index in [0.717, 1.165) is 10.3 Å². The van der Waals surface area contributed by atoms with Gasteiger partial charge in [0.15, 0.2) is 4.80 Å². The lowest BCUT2D eigenvalue weighted by Crippen LogP contribution is -2.15. The number of thiazole rings is 1. The lowest BCUT2D eigenvalue weighted by molar-refractivity contribution is 0.0602. The maximum Gasteiger partial charge on any atom is 0.340 e. The van der Waals surface area contributed by atoms with Gasteiger partial charge in [-0.15, -0.1) is 0 Å². The van der Waals surface area contributed by atoms with Crippen LogP contribution < -0.4 is 4.80 Å². The Labute approximate surface area is 142 Å². The number of carbonyl (C=O) groups excluding carboxylic acids is 2. The number of esters is 1. The smallest absolute Gasteiger partial charge is 0.340 e. The van der Waals surface area contributed by atoms with E-state index in [1.54, 1.807) is 35.9 Å². The second-order valence-electron chi connectivity index (χ2n) is 5.37. The number of rotatable bonds is 2. The molecule has 2 aromatic carbocycles. The molecule has 6 heteroatoms. The van der Waals surface area contributed by atoms with Crippen molar-refractivity contribution in [2.75, 3.05) is 7.11 Å². The summed E-state index contributed by atoms with van der Waals surface area (Å²) in [5.41, 5.74) is 2.79. The number of aryl methyl sites for hydroxylation is 2. The van der Waals surface area contributed by atoms with E-state index in [-0.39, 0.29) is 5.91 Å². The summed E-state index contributed by atoms with van der Waals surface area (Å²) in [6, 6.07) is 12.7. The SMILES string of the molecule is COC(=O)c1cccc2sc(=NC(=O)c3ccc(C)cc3)n(C)c12. The summed E-state index contributed by atoms with van der Waals surface area (Å²) < 4.78 is 7.44. The van der Waals surface area contributed by atoms with Gasteiger partial charge in [-0.25, -0.2) is 4.79 Å². The number of para-hydroxylation sites is 1. The summed E-state index contributed by atoms with van der Waals surface area (Å²) in [5.74, 6) is -0.720. The molecule has 0 bridgehead atoms. The lowest BCUT2D eigenvalue weighted by Gasteiger charge is -2.03. The molecule has 1 heterocycles. The summed E-state index contributed by atoms with van der Waals surface area (Å²) in [6.07, 6.45) is 0. The van der Waals surface area contributed by atoms with Gasteiger partial charge in [-0.05, 0) is 31.2 Å². The molecule has 0 atom stereocenters. The number of hydrogen-bond acceptors (Lipinski definition) is 4. The average molecular weight is 340 g/mol. The van der Waals surface area contributed by atoms with E-state index < -0.39 is 5.97 Å². The Morgan fingerprint density at radius 2 is 1.83 bits per heavy atom. The number of nitrogens with zero attached hydrogens (tertiary/aromatic N) is 2. The van der Waals surface area contributed by atoms with E-state index >= 15 is 0 Å². The zero-order valence-electron chi connectivity index (χ0n) is 13.6. The minimum absolute atomic E-state index is 0.309. The number of amides is 1. The van der Waals surface area contributed by atoms with Gasteiger partial charge >= 0.3 is 5.97 Å². The number of carbonyl (C=O) groups is 2. The van der Waals surface area contributed by atoms with E-state index in [1.165, 1.54) is 18.4 Å². The Morgan fingerprint density at radius 3 is 2.50 bits per heavy atom. The summed E-state index contributed by atoms with van der Waals surface area (Å²) in [7, 11) is 3.13. The number of hydrogen-bond donors (Lipinski definition) is 0. The molecule has 0 N–H and O–H groups in total. The highest BCUT2D eigenvalue weighted by molar-refractivity contribution is 7.16. The summed E-state index contributed by atoms with van der Waals surface area (Å²) in [6.45, 7) is 1.96. The van der Waals surface area contributed by atoms with Crippen molar-refractivity contribution in [3.8, 4) is 0 Å². The van der Waals surface area contributed by atoms with Crippen LogP contribution in [0.5, 0.6) is 0 Å². The van der Waals surface area contributed by atoms with E-state index in [0.29, 0.717) is 21.4 Å². The third kappa shape index (κ3) is 2.88. The van der Waals surface area contributed by atoms with Gasteiger partial charge in [0.25, 0.3) is 5.91 Å². The van der Waals surface area contributed by atoms with Crippen molar-refractivity contribution < 1.29 is 14.3 Å². The van der Waals surface area contributed by atoms with Crippen LogP contribution >= 0.6 is 11.3 Å². The lowest BCUT2D eigenvalue weighted by atomic mass is 10.1. The zero-order chi connectivity index (χ0) is 17.3. The standard InChI is InChI=1S/C18H16N2O3S/c1-11-7-9-12(10-8-11)16(21)19-18-20(2)15-13(17(22)23-3)5-4-6-14(15)24-18/h4-10H,1-3H3. The summed E-state index contributed by atoms with van der Waals surface area (Å²) in [4.78, 5) is 29.0. The van der Waals surface area contributed by atoms with Crippen molar-refractivity contribution in [2.24, 2.45) is 12.0 Å². The molecule has 24 heavy (non-hydrogen) atoms. The molecule has 122 valence electrons. The maximum atomic E-state index is 12.4. The first-order chi connectivity index (χ1) is 11.5. The molecule has 0 saturated heterocycles. The van der Waals surface area contributed by atoms with Gasteiger partial charge in [-0.1, -0.05) is 35.1 Å². The molecule has 1 amide bonds. The molecule has 0 fully saturated rings. The van der Waals surface area contributed by atoms with Gasteiger partial charge in [0, 0.05) is 12.6 Å². The molecule has 3 aromatic rings. The van der Waals surface area contributed by atoms with Gasteiger partial charge in [-0.3, -0.25) is 4.79 Å². The highest BCUT2D eigenvalue weighted by Gasteiger charge is 2.15. The second-order valence-corrected chi connectivity index (χ2v) is 6.38. The van der Waals surface area contributed by atoms with Gasteiger partial charge in [-0.2, -0.15) is 4.99 Å². The molecule has 0 aliphatic heterocycles. The first-order valence-electron chi connectivity index (χ1n) is 7.34. The van der Waals surface area contributed by atoms with E-state index in [9.17, 15) is 9.59 Å². The van der Waals surface area contributed by atoms with E-state index in [1.807, 2.05) is 25.1 Å². The third-order valence-electron chi connectivity index (χ3n) is 3.72. The van der Waals surface area contributed by atoms with Gasteiger partial charge in [0.1, 0.15) is 0 Å². The normalized spacial score (nSPS) is 11.7. The highest BCUT2D eigenvalue weighted by Crippen LogP contribution is 2.21. The van der Waals surface area contributed by atoms with Crippen molar-refractivity contribution in [1.82, 2.24) is 4.57 Å². The minimum atomic E-state index is -0.412. The minimum Gasteiger partial charge on any atom is -0.465 e. The summed E-state index contributed by atoms with van der Waals surface area (Å²) in [5, 5.41) is 0. The number of methoxy groups -OCH3 is 1. The van der Waals surface area contributed by atoms with Crippen molar-refractivity contribution in [3.63, 3.8) is 0 Å². The zero-order valence-corrected chi connectivity index (χ0v) is 14.4. The fourth-order valence-electron chi connectivity index (χ4n) is 2.43. The summed E-state index contributed by atoms with van der Waals surface area (Å²) >= 11 is 1.36. The monoisotopic (exact) mass is 340 g/mol. The van der Waals surface area contributed by atoms with Crippen LogP contribution in [0, 0.1) is 6.92 Å². The van der Waals surface area contributed by atoms with Crippen LogP contribution in [0.25, 0.3) is 10.2 Å². The average Bonchev–Trinajstić information content (AvgIpc) is 2.90. The molecule has 0 unspecified atom stereocenters. The quantitative estimate of drug-likeness (QED) is 0.674. The molecule has 5 nitrogen and oxygen atoms in total.